The van der Waals surface area contributed by atoms with Gasteiger partial charge in [-0.1, -0.05) is 19.4 Å². The fraction of sp³-hybridized carbons (Fsp3) is 0.308. The number of rotatable bonds is 3. The number of aryl methyl sites for hydroxylation is 2. The normalized spacial score (nSPS) is 10.8. The third kappa shape index (κ3) is 2.08. The summed E-state index contributed by atoms with van der Waals surface area (Å²) in [4.78, 5) is 4.36. The molecule has 0 unspecified atom stereocenters. The van der Waals surface area contributed by atoms with Crippen molar-refractivity contribution in [3.8, 4) is 0 Å². The topological polar surface area (TPSA) is 50.9 Å². The zero-order chi connectivity index (χ0) is 12.4. The van der Waals surface area contributed by atoms with Gasteiger partial charge in [0.25, 0.3) is 0 Å². The molecule has 1 aromatic heterocycles. The van der Waals surface area contributed by atoms with Crippen LogP contribution in [-0.4, -0.2) is 4.98 Å². The zero-order valence-corrected chi connectivity index (χ0v) is 10.0. The van der Waals surface area contributed by atoms with Crippen molar-refractivity contribution in [2.75, 3.05) is 5.43 Å². The van der Waals surface area contributed by atoms with Gasteiger partial charge in [0.1, 0.15) is 11.3 Å². The molecule has 90 valence electrons. The molecular formula is C13H16FN3. The first-order valence-corrected chi connectivity index (χ1v) is 5.72. The molecule has 0 atom stereocenters. The molecule has 1 aromatic carbocycles. The van der Waals surface area contributed by atoms with Crippen LogP contribution in [0, 0.1) is 12.7 Å². The molecule has 0 bridgehead atoms. The first kappa shape index (κ1) is 11.8. The Labute approximate surface area is 99.8 Å². The number of nitrogens with one attached hydrogen (secondary N) is 1. The SMILES string of the molecule is CCCc1cc(NN)c2c(C)ccc(F)c2n1. The lowest BCUT2D eigenvalue weighted by Gasteiger charge is -2.11. The van der Waals surface area contributed by atoms with Gasteiger partial charge in [-0.25, -0.2) is 9.37 Å². The Bertz CT molecular complexity index is 552. The predicted octanol–water partition coefficient (Wildman–Crippen LogP) is 2.92. The lowest BCUT2D eigenvalue weighted by atomic mass is 10.1. The van der Waals surface area contributed by atoms with Gasteiger partial charge in [-0.05, 0) is 31.0 Å². The Balaban J connectivity index is 2.77. The number of hydrogen-bond acceptors (Lipinski definition) is 3. The van der Waals surface area contributed by atoms with Crippen molar-refractivity contribution in [1.82, 2.24) is 4.98 Å². The summed E-state index contributed by atoms with van der Waals surface area (Å²) in [6, 6.07) is 5.07. The highest BCUT2D eigenvalue weighted by molar-refractivity contribution is 5.94. The summed E-state index contributed by atoms with van der Waals surface area (Å²) in [5.41, 5.74) is 5.58. The molecule has 17 heavy (non-hydrogen) atoms. The Kier molecular flexibility index (Phi) is 3.24. The maximum atomic E-state index is 13.8. The smallest absolute Gasteiger partial charge is 0.149 e. The number of pyridine rings is 1. The molecule has 0 saturated carbocycles. The third-order valence-corrected chi connectivity index (χ3v) is 2.83. The van der Waals surface area contributed by atoms with E-state index in [1.54, 1.807) is 6.07 Å². The molecule has 0 spiro atoms. The van der Waals surface area contributed by atoms with Crippen molar-refractivity contribution >= 4 is 16.6 Å². The molecule has 0 aliphatic carbocycles. The highest BCUT2D eigenvalue weighted by Gasteiger charge is 2.11. The highest BCUT2D eigenvalue weighted by atomic mass is 19.1. The molecule has 4 heteroatoms. The van der Waals surface area contributed by atoms with Crippen LogP contribution in [0.25, 0.3) is 10.9 Å². The van der Waals surface area contributed by atoms with Crippen LogP contribution < -0.4 is 11.3 Å². The Hall–Kier alpha value is -1.68. The average Bonchev–Trinajstić information content (AvgIpc) is 2.33. The van der Waals surface area contributed by atoms with Crippen LogP contribution in [0.2, 0.25) is 0 Å². The van der Waals surface area contributed by atoms with Gasteiger partial charge in [-0.3, -0.25) is 5.84 Å². The second-order valence-corrected chi connectivity index (χ2v) is 4.14. The minimum atomic E-state index is -0.306. The van der Waals surface area contributed by atoms with Crippen molar-refractivity contribution in [3.05, 3.63) is 35.3 Å². The van der Waals surface area contributed by atoms with Gasteiger partial charge in [0.15, 0.2) is 0 Å². The van der Waals surface area contributed by atoms with E-state index >= 15 is 0 Å². The van der Waals surface area contributed by atoms with Crippen LogP contribution in [0.5, 0.6) is 0 Å². The predicted molar refractivity (Wildman–Crippen MR) is 68.2 cm³/mol. The van der Waals surface area contributed by atoms with E-state index in [1.807, 2.05) is 13.0 Å². The van der Waals surface area contributed by atoms with Gasteiger partial charge in [-0.15, -0.1) is 0 Å². The molecule has 0 fully saturated rings. The molecule has 2 aromatic rings. The number of nitrogens with zero attached hydrogens (tertiary/aromatic N) is 1. The maximum Gasteiger partial charge on any atom is 0.149 e. The number of aromatic nitrogens is 1. The third-order valence-electron chi connectivity index (χ3n) is 2.83. The molecule has 3 N–H and O–H groups in total. The second kappa shape index (κ2) is 4.67. The molecular weight excluding hydrogens is 217 g/mol. The Morgan fingerprint density at radius 1 is 1.41 bits per heavy atom. The molecule has 0 radical (unpaired) electrons. The summed E-state index contributed by atoms with van der Waals surface area (Å²) in [6.07, 6.45) is 1.79. The van der Waals surface area contributed by atoms with E-state index in [0.717, 1.165) is 35.2 Å². The Morgan fingerprint density at radius 2 is 2.18 bits per heavy atom. The van der Waals surface area contributed by atoms with E-state index in [1.165, 1.54) is 6.07 Å². The molecule has 0 aliphatic rings. The van der Waals surface area contributed by atoms with E-state index in [-0.39, 0.29) is 5.82 Å². The van der Waals surface area contributed by atoms with Gasteiger partial charge < -0.3 is 5.43 Å². The van der Waals surface area contributed by atoms with E-state index in [2.05, 4.69) is 17.3 Å². The largest absolute Gasteiger partial charge is 0.323 e. The van der Waals surface area contributed by atoms with Crippen LogP contribution >= 0.6 is 0 Å². The number of nitrogens with two attached hydrogens (primary N) is 1. The molecule has 0 amide bonds. The van der Waals surface area contributed by atoms with Gasteiger partial charge in [0.05, 0.1) is 5.69 Å². The number of anilines is 1. The molecule has 3 nitrogen and oxygen atoms in total. The van der Waals surface area contributed by atoms with Gasteiger partial charge in [0, 0.05) is 11.1 Å². The van der Waals surface area contributed by atoms with Crippen LogP contribution in [0.1, 0.15) is 24.6 Å². The monoisotopic (exact) mass is 233 g/mol. The summed E-state index contributed by atoms with van der Waals surface area (Å²) >= 11 is 0. The summed E-state index contributed by atoms with van der Waals surface area (Å²) < 4.78 is 13.8. The van der Waals surface area contributed by atoms with Crippen molar-refractivity contribution in [2.24, 2.45) is 5.84 Å². The summed E-state index contributed by atoms with van der Waals surface area (Å²) in [5, 5.41) is 0.757. The van der Waals surface area contributed by atoms with E-state index < -0.39 is 0 Å². The van der Waals surface area contributed by atoms with Crippen molar-refractivity contribution in [3.63, 3.8) is 0 Å². The highest BCUT2D eigenvalue weighted by Crippen LogP contribution is 2.28. The summed E-state index contributed by atoms with van der Waals surface area (Å²) in [7, 11) is 0. The van der Waals surface area contributed by atoms with Crippen LogP contribution in [0.3, 0.4) is 0 Å². The number of halogens is 1. The maximum absolute atomic E-state index is 13.8. The zero-order valence-electron chi connectivity index (χ0n) is 10.0. The van der Waals surface area contributed by atoms with Crippen molar-refractivity contribution < 1.29 is 4.39 Å². The number of hydrazine groups is 1. The summed E-state index contributed by atoms with van der Waals surface area (Å²) in [5.74, 6) is 5.19. The van der Waals surface area contributed by atoms with Crippen LogP contribution in [0.4, 0.5) is 10.1 Å². The lowest BCUT2D eigenvalue weighted by Crippen LogP contribution is -2.09. The first-order valence-electron chi connectivity index (χ1n) is 5.72. The van der Waals surface area contributed by atoms with Crippen molar-refractivity contribution in [1.29, 1.82) is 0 Å². The Morgan fingerprint density at radius 3 is 2.82 bits per heavy atom. The minimum Gasteiger partial charge on any atom is -0.323 e. The quantitative estimate of drug-likeness (QED) is 0.633. The fourth-order valence-electron chi connectivity index (χ4n) is 2.03. The number of nitrogen functional groups attached to an aromatic ring is 1. The van der Waals surface area contributed by atoms with Crippen LogP contribution in [-0.2, 0) is 6.42 Å². The van der Waals surface area contributed by atoms with E-state index in [4.69, 9.17) is 5.84 Å². The molecule has 1 heterocycles. The number of hydrogen-bond donors (Lipinski definition) is 2. The van der Waals surface area contributed by atoms with Gasteiger partial charge >= 0.3 is 0 Å². The first-order chi connectivity index (χ1) is 8.17. The van der Waals surface area contributed by atoms with E-state index in [9.17, 15) is 4.39 Å². The number of fused-ring (bicyclic) bond motifs is 1. The lowest BCUT2D eigenvalue weighted by molar-refractivity contribution is 0.635. The minimum absolute atomic E-state index is 0.306. The van der Waals surface area contributed by atoms with Gasteiger partial charge in [0.2, 0.25) is 0 Å². The van der Waals surface area contributed by atoms with Crippen LogP contribution in [0.15, 0.2) is 18.2 Å². The standard InChI is InChI=1S/C13H16FN3/c1-3-4-9-7-11(17-15)12-8(2)5-6-10(14)13(12)16-9/h5-7H,3-4,15H2,1-2H3,(H,16,17). The molecule has 2 rings (SSSR count). The average molecular weight is 233 g/mol. The number of benzene rings is 1. The molecule has 0 saturated heterocycles. The molecule has 0 aliphatic heterocycles. The van der Waals surface area contributed by atoms with E-state index in [0.29, 0.717) is 5.52 Å². The fourth-order valence-corrected chi connectivity index (χ4v) is 2.03. The summed E-state index contributed by atoms with van der Waals surface area (Å²) in [6.45, 7) is 3.98. The van der Waals surface area contributed by atoms with Crippen molar-refractivity contribution in [2.45, 2.75) is 26.7 Å². The van der Waals surface area contributed by atoms with Gasteiger partial charge in [-0.2, -0.15) is 0 Å². The second-order valence-electron chi connectivity index (χ2n) is 4.14.